The van der Waals surface area contributed by atoms with E-state index >= 15 is 0 Å². The van der Waals surface area contributed by atoms with Gasteiger partial charge in [0.2, 0.25) is 0 Å². The van der Waals surface area contributed by atoms with E-state index in [-0.39, 0.29) is 30.0 Å². The second kappa shape index (κ2) is 36.4. The van der Waals surface area contributed by atoms with Gasteiger partial charge in [-0.25, -0.2) is 9.59 Å². The monoisotopic (exact) mass is 925 g/mol. The van der Waals surface area contributed by atoms with E-state index < -0.39 is 0 Å². The summed E-state index contributed by atoms with van der Waals surface area (Å²) >= 11 is 0. The van der Waals surface area contributed by atoms with Crippen molar-refractivity contribution < 1.29 is 38.1 Å². The zero-order valence-electron chi connectivity index (χ0n) is 43.0. The van der Waals surface area contributed by atoms with Crippen molar-refractivity contribution in [1.29, 1.82) is 0 Å². The van der Waals surface area contributed by atoms with E-state index in [0.29, 0.717) is 56.0 Å². The van der Waals surface area contributed by atoms with E-state index in [1.807, 2.05) is 0 Å². The summed E-state index contributed by atoms with van der Waals surface area (Å²) < 4.78 is 22.2. The van der Waals surface area contributed by atoms with Crippen LogP contribution in [0.15, 0.2) is 24.8 Å². The molecule has 66 heavy (non-hydrogen) atoms. The summed E-state index contributed by atoms with van der Waals surface area (Å²) in [7, 11) is 0. The Morgan fingerprint density at radius 3 is 1.41 bits per heavy atom. The Balaban J connectivity index is 1.39. The third kappa shape index (κ3) is 25.6. The fourth-order valence-corrected chi connectivity index (χ4v) is 11.8. The molecule has 0 aliphatic heterocycles. The fraction of sp³-hybridized carbons (Fsp3) is 0.862. The van der Waals surface area contributed by atoms with Gasteiger partial charge in [0.15, 0.2) is 0 Å². The lowest BCUT2D eigenvalue weighted by molar-refractivity contribution is -0.148. The Labute approximate surface area is 404 Å². The van der Waals surface area contributed by atoms with Gasteiger partial charge in [0.1, 0.15) is 6.10 Å². The minimum atomic E-state index is -0.352. The molecule has 0 aromatic heterocycles. The van der Waals surface area contributed by atoms with Gasteiger partial charge in [-0.3, -0.25) is 9.59 Å². The molecule has 380 valence electrons. The van der Waals surface area contributed by atoms with E-state index in [0.717, 1.165) is 101 Å². The summed E-state index contributed by atoms with van der Waals surface area (Å²) in [5.41, 5.74) is 0.437. The molecule has 3 aliphatic carbocycles. The molecule has 0 spiro atoms. The summed E-state index contributed by atoms with van der Waals surface area (Å²) in [4.78, 5) is 48.6. The average Bonchev–Trinajstić information content (AvgIpc) is 3.32. The van der Waals surface area contributed by atoms with E-state index in [9.17, 15) is 19.2 Å². The maximum absolute atomic E-state index is 12.6. The van der Waals surface area contributed by atoms with Crippen molar-refractivity contribution in [3.63, 3.8) is 0 Å². The smallest absolute Gasteiger partial charge is 0.333 e. The number of unbranched alkanes of at least 4 members (excludes halogenated alkanes) is 16. The summed E-state index contributed by atoms with van der Waals surface area (Å²) in [6.45, 7) is 14.9. The molecule has 6 unspecified atom stereocenters. The molecule has 3 rings (SSSR count). The Kier molecular flexibility index (Phi) is 31.8. The Morgan fingerprint density at radius 2 is 0.924 bits per heavy atom. The molecule has 0 aromatic carbocycles. The summed E-state index contributed by atoms with van der Waals surface area (Å²) in [5.74, 6) is 3.76. The quantitative estimate of drug-likeness (QED) is 0.0263. The molecule has 0 N–H and O–H groups in total. The first-order valence-corrected chi connectivity index (χ1v) is 28.1. The molecule has 0 aromatic rings. The van der Waals surface area contributed by atoms with Crippen LogP contribution < -0.4 is 0 Å². The average molecular weight is 925 g/mol. The van der Waals surface area contributed by atoms with Crippen LogP contribution in [0.25, 0.3) is 0 Å². The molecule has 0 saturated heterocycles. The van der Waals surface area contributed by atoms with Gasteiger partial charge in [-0.1, -0.05) is 162 Å². The predicted octanol–water partition coefficient (Wildman–Crippen LogP) is 15.7. The summed E-state index contributed by atoms with van der Waals surface area (Å²) in [5, 5.41) is 0. The fourth-order valence-electron chi connectivity index (χ4n) is 11.8. The van der Waals surface area contributed by atoms with Crippen LogP contribution in [0.1, 0.15) is 252 Å². The molecule has 0 bridgehead atoms. The molecule has 0 heterocycles. The van der Waals surface area contributed by atoms with E-state index in [1.165, 1.54) is 147 Å². The van der Waals surface area contributed by atoms with Gasteiger partial charge in [-0.05, 0) is 132 Å². The maximum atomic E-state index is 12.6. The molecule has 3 aliphatic rings. The first-order valence-electron chi connectivity index (χ1n) is 28.1. The van der Waals surface area contributed by atoms with E-state index in [2.05, 4.69) is 27.0 Å². The second-order valence-corrected chi connectivity index (χ2v) is 21.4. The predicted molar refractivity (Wildman–Crippen MR) is 270 cm³/mol. The number of rotatable bonds is 37. The Morgan fingerprint density at radius 1 is 0.500 bits per heavy atom. The first-order chi connectivity index (χ1) is 32.1. The molecule has 8 heteroatoms. The van der Waals surface area contributed by atoms with Crippen molar-refractivity contribution in [3.05, 3.63) is 24.8 Å². The summed E-state index contributed by atoms with van der Waals surface area (Å²) in [6.07, 6.45) is 43.6. The highest BCUT2D eigenvalue weighted by molar-refractivity contribution is 5.86. The van der Waals surface area contributed by atoms with Crippen molar-refractivity contribution in [2.24, 2.45) is 41.4 Å². The van der Waals surface area contributed by atoms with Gasteiger partial charge in [-0.2, -0.15) is 0 Å². The summed E-state index contributed by atoms with van der Waals surface area (Å²) in [6, 6.07) is 0. The number of carbonyl (C=O) groups is 4. The minimum absolute atomic E-state index is 0.0372. The van der Waals surface area contributed by atoms with Gasteiger partial charge in [0.25, 0.3) is 0 Å². The van der Waals surface area contributed by atoms with Gasteiger partial charge < -0.3 is 18.9 Å². The largest absolute Gasteiger partial charge is 0.465 e. The van der Waals surface area contributed by atoms with Gasteiger partial charge >= 0.3 is 23.9 Å². The highest BCUT2D eigenvalue weighted by Crippen LogP contribution is 2.48. The number of carbonyl (C=O) groups excluding carboxylic acids is 4. The van der Waals surface area contributed by atoms with Crippen LogP contribution in [0.4, 0.5) is 0 Å². The maximum Gasteiger partial charge on any atom is 0.333 e. The van der Waals surface area contributed by atoms with Crippen LogP contribution in [0.2, 0.25) is 0 Å². The topological polar surface area (TPSA) is 105 Å². The van der Waals surface area contributed by atoms with Crippen molar-refractivity contribution in [2.75, 3.05) is 19.8 Å². The standard InChI is InChI=1S/C58H100O8/c1-6-9-11-13-17-23-32-53-50(30-21-12-10-7-2)38-39-51(31-22-16-14-19-25-35-57(61)64-44-48-28-27-29-49(42-48)45-65-58(62)46(4)5)54(53)33-24-18-15-20-26-34-56(60)63-43-47-36-40-52(41-37-47)66-55(59)8-3/h8,47-54H,3-4,6-7,9-45H2,1-2,5H3. The zero-order valence-corrected chi connectivity index (χ0v) is 43.0. The third-order valence-corrected chi connectivity index (χ3v) is 15.8. The van der Waals surface area contributed by atoms with Crippen LogP contribution in [-0.4, -0.2) is 49.8 Å². The molecule has 3 saturated carbocycles. The Bertz CT molecular complexity index is 1330. The number of hydrogen-bond donors (Lipinski definition) is 0. The van der Waals surface area contributed by atoms with Crippen molar-refractivity contribution in [2.45, 2.75) is 258 Å². The third-order valence-electron chi connectivity index (χ3n) is 15.8. The van der Waals surface area contributed by atoms with Crippen LogP contribution in [0.3, 0.4) is 0 Å². The van der Waals surface area contributed by atoms with Crippen molar-refractivity contribution >= 4 is 23.9 Å². The lowest BCUT2D eigenvalue weighted by Crippen LogP contribution is -2.35. The van der Waals surface area contributed by atoms with E-state index in [4.69, 9.17) is 18.9 Å². The van der Waals surface area contributed by atoms with Gasteiger partial charge in [0, 0.05) is 24.5 Å². The molecule has 6 atom stereocenters. The van der Waals surface area contributed by atoms with Gasteiger partial charge in [-0.15, -0.1) is 0 Å². The lowest BCUT2D eigenvalue weighted by Gasteiger charge is -2.44. The van der Waals surface area contributed by atoms with Crippen LogP contribution in [0, 0.1) is 41.4 Å². The van der Waals surface area contributed by atoms with Crippen molar-refractivity contribution in [1.82, 2.24) is 0 Å². The molecular weight excluding hydrogens is 825 g/mol. The number of esters is 4. The SMILES string of the molecule is C=CC(=O)OC1CCC(COC(=O)CCCCCCCC2C(CCCCCCCC(=O)OCC3CCCC(COC(=O)C(=C)C)C3)CCC(CCCCCC)C2CCCCCCCC)CC1. The Hall–Kier alpha value is -2.64. The molecular formula is C58H100O8. The van der Waals surface area contributed by atoms with E-state index in [1.54, 1.807) is 6.92 Å². The molecule has 8 nitrogen and oxygen atoms in total. The zero-order chi connectivity index (χ0) is 47.6. The molecule has 3 fully saturated rings. The highest BCUT2D eigenvalue weighted by atomic mass is 16.5. The molecule has 0 radical (unpaired) electrons. The first kappa shape index (κ1) is 57.7. The lowest BCUT2D eigenvalue weighted by atomic mass is 9.61. The normalized spacial score (nSPS) is 24.3. The number of ether oxygens (including phenoxy) is 4. The molecule has 0 amide bonds. The highest BCUT2D eigenvalue weighted by Gasteiger charge is 2.38. The minimum Gasteiger partial charge on any atom is -0.465 e. The van der Waals surface area contributed by atoms with Crippen LogP contribution in [0.5, 0.6) is 0 Å². The van der Waals surface area contributed by atoms with Crippen LogP contribution >= 0.6 is 0 Å². The van der Waals surface area contributed by atoms with Crippen LogP contribution in [-0.2, 0) is 38.1 Å². The van der Waals surface area contributed by atoms with Crippen molar-refractivity contribution in [3.8, 4) is 0 Å². The number of hydrogen-bond acceptors (Lipinski definition) is 8. The second-order valence-electron chi connectivity index (χ2n) is 21.4. The van der Waals surface area contributed by atoms with Gasteiger partial charge in [0.05, 0.1) is 19.8 Å².